The van der Waals surface area contributed by atoms with Crippen molar-refractivity contribution in [3.63, 3.8) is 0 Å². The van der Waals surface area contributed by atoms with E-state index in [2.05, 4.69) is 15.6 Å². The molecule has 0 unspecified atom stereocenters. The van der Waals surface area contributed by atoms with Crippen LogP contribution in [0.4, 0.5) is 0 Å². The van der Waals surface area contributed by atoms with Gasteiger partial charge in [-0.1, -0.05) is 12.1 Å². The van der Waals surface area contributed by atoms with Gasteiger partial charge in [-0.05, 0) is 17.7 Å². The van der Waals surface area contributed by atoms with Crippen LogP contribution in [0.25, 0.3) is 0 Å². The van der Waals surface area contributed by atoms with Crippen LogP contribution in [-0.2, 0) is 16.4 Å². The number of nitrogens with one attached hydrogen (secondary N) is 2. The molecule has 0 amide bonds. The van der Waals surface area contributed by atoms with Gasteiger partial charge in [0.1, 0.15) is 0 Å². The number of halogens is 1. The molecule has 1 rings (SSSR count). The van der Waals surface area contributed by atoms with Gasteiger partial charge in [0, 0.05) is 26.9 Å². The SMILES string of the molecule is Br.CN=C(NC)NCc1cccc(S(C)(=O)=O)c1. The van der Waals surface area contributed by atoms with E-state index in [9.17, 15) is 8.42 Å². The smallest absolute Gasteiger partial charge is 0.190 e. The Morgan fingerprint density at radius 2 is 2.06 bits per heavy atom. The molecule has 1 aromatic rings. The first-order valence-electron chi connectivity index (χ1n) is 5.15. The van der Waals surface area contributed by atoms with Crippen LogP contribution >= 0.6 is 17.0 Å². The molecule has 0 saturated carbocycles. The maximum atomic E-state index is 11.4. The van der Waals surface area contributed by atoms with Crippen LogP contribution in [0.5, 0.6) is 0 Å². The van der Waals surface area contributed by atoms with Crippen LogP contribution in [0.15, 0.2) is 34.2 Å². The molecule has 0 radical (unpaired) electrons. The molecule has 0 bridgehead atoms. The summed E-state index contributed by atoms with van der Waals surface area (Å²) in [7, 11) is 0.290. The number of aliphatic imine (C=N–C) groups is 1. The van der Waals surface area contributed by atoms with Crippen molar-refractivity contribution in [2.45, 2.75) is 11.4 Å². The van der Waals surface area contributed by atoms with E-state index < -0.39 is 9.84 Å². The lowest BCUT2D eigenvalue weighted by atomic mass is 10.2. The minimum absolute atomic E-state index is 0. The zero-order valence-corrected chi connectivity index (χ0v) is 13.1. The molecule has 0 aliphatic rings. The summed E-state index contributed by atoms with van der Waals surface area (Å²) in [4.78, 5) is 4.30. The summed E-state index contributed by atoms with van der Waals surface area (Å²) in [5.41, 5.74) is 0.893. The van der Waals surface area contributed by atoms with Crippen molar-refractivity contribution in [3.05, 3.63) is 29.8 Å². The number of benzene rings is 1. The maximum absolute atomic E-state index is 11.4. The van der Waals surface area contributed by atoms with E-state index in [1.54, 1.807) is 32.3 Å². The molecule has 0 heterocycles. The summed E-state index contributed by atoms with van der Waals surface area (Å²) in [6, 6.07) is 6.84. The fourth-order valence-electron chi connectivity index (χ4n) is 1.35. The highest BCUT2D eigenvalue weighted by Crippen LogP contribution is 2.10. The fourth-order valence-corrected chi connectivity index (χ4v) is 2.04. The predicted octanol–water partition coefficient (Wildman–Crippen LogP) is 0.963. The normalized spacial score (nSPS) is 11.6. The highest BCUT2D eigenvalue weighted by Gasteiger charge is 2.07. The molecule has 0 aliphatic heterocycles. The van der Waals surface area contributed by atoms with Crippen molar-refractivity contribution in [1.82, 2.24) is 10.6 Å². The number of rotatable bonds is 3. The van der Waals surface area contributed by atoms with E-state index in [4.69, 9.17) is 0 Å². The second-order valence-corrected chi connectivity index (χ2v) is 5.61. The zero-order chi connectivity index (χ0) is 12.9. The molecular weight excluding hydrogens is 318 g/mol. The number of guanidine groups is 1. The molecule has 18 heavy (non-hydrogen) atoms. The van der Waals surface area contributed by atoms with Gasteiger partial charge in [0.25, 0.3) is 0 Å². The summed E-state index contributed by atoms with van der Waals surface area (Å²) in [5.74, 6) is 0.662. The van der Waals surface area contributed by atoms with Crippen LogP contribution in [0.2, 0.25) is 0 Å². The molecule has 0 saturated heterocycles. The summed E-state index contributed by atoms with van der Waals surface area (Å²) in [6.45, 7) is 0.525. The van der Waals surface area contributed by atoms with Gasteiger partial charge in [-0.15, -0.1) is 17.0 Å². The standard InChI is InChI=1S/C11H17N3O2S.BrH/c1-12-11(13-2)14-8-9-5-4-6-10(7-9)17(3,15)16;/h4-7H,8H2,1-3H3,(H2,12,13,14);1H. The van der Waals surface area contributed by atoms with Crippen molar-refractivity contribution < 1.29 is 8.42 Å². The molecule has 2 N–H and O–H groups in total. The summed E-state index contributed by atoms with van der Waals surface area (Å²) < 4.78 is 22.8. The molecule has 0 atom stereocenters. The van der Waals surface area contributed by atoms with Gasteiger partial charge in [0.05, 0.1) is 4.90 Å². The minimum atomic E-state index is -3.15. The first-order valence-corrected chi connectivity index (χ1v) is 7.04. The van der Waals surface area contributed by atoms with Gasteiger partial charge in [-0.25, -0.2) is 8.42 Å². The van der Waals surface area contributed by atoms with Crippen molar-refractivity contribution >= 4 is 32.8 Å². The topological polar surface area (TPSA) is 70.6 Å². The monoisotopic (exact) mass is 335 g/mol. The molecule has 5 nitrogen and oxygen atoms in total. The van der Waals surface area contributed by atoms with E-state index in [0.29, 0.717) is 17.4 Å². The minimum Gasteiger partial charge on any atom is -0.359 e. The average molecular weight is 336 g/mol. The Morgan fingerprint density at radius 3 is 2.56 bits per heavy atom. The van der Waals surface area contributed by atoms with Crippen molar-refractivity contribution in [2.75, 3.05) is 20.4 Å². The van der Waals surface area contributed by atoms with E-state index in [-0.39, 0.29) is 17.0 Å². The first-order chi connectivity index (χ1) is 7.97. The van der Waals surface area contributed by atoms with Crippen LogP contribution in [-0.4, -0.2) is 34.7 Å². The van der Waals surface area contributed by atoms with Crippen molar-refractivity contribution in [1.29, 1.82) is 0 Å². The molecule has 1 aromatic carbocycles. The van der Waals surface area contributed by atoms with E-state index in [1.165, 1.54) is 6.26 Å². The molecule has 0 spiro atoms. The number of sulfone groups is 1. The third-order valence-corrected chi connectivity index (χ3v) is 3.36. The quantitative estimate of drug-likeness (QED) is 0.637. The number of hydrogen-bond acceptors (Lipinski definition) is 3. The Hall–Kier alpha value is -1.08. The van der Waals surface area contributed by atoms with Crippen LogP contribution in [0.3, 0.4) is 0 Å². The third-order valence-electron chi connectivity index (χ3n) is 2.25. The van der Waals surface area contributed by atoms with Gasteiger partial charge >= 0.3 is 0 Å². The molecular formula is C11H18BrN3O2S. The summed E-state index contributed by atoms with van der Waals surface area (Å²) in [6.07, 6.45) is 1.20. The summed E-state index contributed by atoms with van der Waals surface area (Å²) >= 11 is 0. The van der Waals surface area contributed by atoms with Crippen LogP contribution < -0.4 is 10.6 Å². The van der Waals surface area contributed by atoms with Crippen LogP contribution in [0.1, 0.15) is 5.56 Å². The second kappa shape index (κ2) is 7.38. The fraction of sp³-hybridized carbons (Fsp3) is 0.364. The summed E-state index contributed by atoms with van der Waals surface area (Å²) in [5, 5.41) is 5.95. The van der Waals surface area contributed by atoms with Crippen molar-refractivity contribution in [3.8, 4) is 0 Å². The predicted molar refractivity (Wildman–Crippen MR) is 79.1 cm³/mol. The lowest BCUT2D eigenvalue weighted by Crippen LogP contribution is -2.34. The number of hydrogen-bond donors (Lipinski definition) is 2. The Bertz CT molecular complexity index is 515. The van der Waals surface area contributed by atoms with Gasteiger partial charge < -0.3 is 10.6 Å². The molecule has 102 valence electrons. The Kier molecular flexibility index (Phi) is 6.93. The molecule has 7 heteroatoms. The Labute approximate surface area is 118 Å². The van der Waals surface area contributed by atoms with E-state index >= 15 is 0 Å². The highest BCUT2D eigenvalue weighted by molar-refractivity contribution is 8.93. The average Bonchev–Trinajstić information content (AvgIpc) is 2.30. The van der Waals surface area contributed by atoms with E-state index in [0.717, 1.165) is 5.56 Å². The Morgan fingerprint density at radius 1 is 1.39 bits per heavy atom. The van der Waals surface area contributed by atoms with Gasteiger partial charge in [0.15, 0.2) is 15.8 Å². The Balaban J connectivity index is 0.00000289. The first kappa shape index (κ1) is 16.9. The van der Waals surface area contributed by atoms with Gasteiger partial charge in [-0.3, -0.25) is 4.99 Å². The van der Waals surface area contributed by atoms with Crippen molar-refractivity contribution in [2.24, 2.45) is 4.99 Å². The largest absolute Gasteiger partial charge is 0.359 e. The van der Waals surface area contributed by atoms with Gasteiger partial charge in [0.2, 0.25) is 0 Å². The zero-order valence-electron chi connectivity index (χ0n) is 10.6. The molecule has 0 aliphatic carbocycles. The second-order valence-electron chi connectivity index (χ2n) is 3.60. The van der Waals surface area contributed by atoms with Gasteiger partial charge in [-0.2, -0.15) is 0 Å². The maximum Gasteiger partial charge on any atom is 0.190 e. The lowest BCUT2D eigenvalue weighted by Gasteiger charge is -2.09. The molecule has 0 fully saturated rings. The third kappa shape index (κ3) is 5.05. The van der Waals surface area contributed by atoms with E-state index in [1.807, 2.05) is 6.07 Å². The van der Waals surface area contributed by atoms with Crippen LogP contribution in [0, 0.1) is 0 Å². The highest BCUT2D eigenvalue weighted by atomic mass is 79.9. The molecule has 0 aromatic heterocycles. The lowest BCUT2D eigenvalue weighted by molar-refractivity contribution is 0.601. The number of nitrogens with zero attached hydrogens (tertiary/aromatic N) is 1.